The quantitative estimate of drug-likeness (QED) is 0.577. The molecular formula is C25H22ClNO3. The van der Waals surface area contributed by atoms with Crippen molar-refractivity contribution in [2.24, 2.45) is 0 Å². The van der Waals surface area contributed by atoms with Gasteiger partial charge in [0.1, 0.15) is 0 Å². The van der Waals surface area contributed by atoms with Gasteiger partial charge in [-0.15, -0.1) is 0 Å². The molecule has 0 spiro atoms. The number of fused-ring (bicyclic) bond motifs is 1. The molecule has 0 aromatic heterocycles. The highest BCUT2D eigenvalue weighted by molar-refractivity contribution is 6.31. The van der Waals surface area contributed by atoms with E-state index in [9.17, 15) is 14.7 Å². The summed E-state index contributed by atoms with van der Waals surface area (Å²) in [6.07, 6.45) is 0.564. The predicted molar refractivity (Wildman–Crippen MR) is 118 cm³/mol. The molecule has 0 saturated heterocycles. The summed E-state index contributed by atoms with van der Waals surface area (Å²) >= 11 is 6.28. The fourth-order valence-corrected chi connectivity index (χ4v) is 4.09. The lowest BCUT2D eigenvalue weighted by molar-refractivity contribution is -0.136. The third kappa shape index (κ3) is 3.53. The van der Waals surface area contributed by atoms with Crippen LogP contribution in [0.5, 0.6) is 0 Å². The van der Waals surface area contributed by atoms with E-state index in [4.69, 9.17) is 11.6 Å². The van der Waals surface area contributed by atoms with E-state index in [1.165, 1.54) is 4.90 Å². The highest BCUT2D eigenvalue weighted by atomic mass is 35.5. The molecule has 5 heteroatoms. The van der Waals surface area contributed by atoms with Crippen LogP contribution in [0.2, 0.25) is 5.02 Å². The van der Waals surface area contributed by atoms with Crippen LogP contribution in [-0.4, -0.2) is 16.8 Å². The molecule has 0 saturated carbocycles. The normalized spacial score (nSPS) is 17.8. The van der Waals surface area contributed by atoms with Crippen molar-refractivity contribution in [3.8, 4) is 0 Å². The van der Waals surface area contributed by atoms with Gasteiger partial charge in [0.05, 0.1) is 18.7 Å². The van der Waals surface area contributed by atoms with Crippen molar-refractivity contribution < 1.29 is 14.7 Å². The number of para-hydroxylation sites is 1. The van der Waals surface area contributed by atoms with Crippen LogP contribution in [0.1, 0.15) is 40.4 Å². The summed E-state index contributed by atoms with van der Waals surface area (Å²) in [6, 6.07) is 21.6. The zero-order valence-electron chi connectivity index (χ0n) is 16.6. The second-order valence-electron chi connectivity index (χ2n) is 7.51. The first kappa shape index (κ1) is 20.3. The summed E-state index contributed by atoms with van der Waals surface area (Å²) in [7, 11) is 0. The highest BCUT2D eigenvalue weighted by Crippen LogP contribution is 2.43. The molecule has 152 valence electrons. The molecule has 0 radical (unpaired) electrons. The summed E-state index contributed by atoms with van der Waals surface area (Å²) in [5, 5.41) is 12.0. The number of hydrogen-bond donors (Lipinski definition) is 1. The van der Waals surface area contributed by atoms with Crippen molar-refractivity contribution in [2.45, 2.75) is 31.9 Å². The Balaban J connectivity index is 1.66. The van der Waals surface area contributed by atoms with Crippen molar-refractivity contribution >= 4 is 29.0 Å². The maximum Gasteiger partial charge on any atom is 0.264 e. The molecule has 4 rings (SSSR count). The smallest absolute Gasteiger partial charge is 0.264 e. The van der Waals surface area contributed by atoms with E-state index in [1.54, 1.807) is 36.4 Å². The lowest BCUT2D eigenvalue weighted by atomic mass is 9.88. The molecule has 4 nitrogen and oxygen atoms in total. The van der Waals surface area contributed by atoms with Crippen molar-refractivity contribution in [3.05, 3.63) is 100 Å². The average molecular weight is 420 g/mol. The molecule has 1 amide bonds. The van der Waals surface area contributed by atoms with E-state index < -0.39 is 11.5 Å². The summed E-state index contributed by atoms with van der Waals surface area (Å²) < 4.78 is 0. The van der Waals surface area contributed by atoms with Crippen LogP contribution in [0, 0.1) is 0 Å². The molecule has 1 N–H and O–H groups in total. The molecule has 1 unspecified atom stereocenters. The Morgan fingerprint density at radius 2 is 1.67 bits per heavy atom. The van der Waals surface area contributed by atoms with Crippen LogP contribution in [0.25, 0.3) is 0 Å². The number of hydrogen-bond acceptors (Lipinski definition) is 3. The largest absolute Gasteiger partial charge is 0.375 e. The maximum atomic E-state index is 13.3. The molecule has 1 aliphatic rings. The Hall–Kier alpha value is -2.95. The first-order valence-electron chi connectivity index (χ1n) is 9.93. The summed E-state index contributed by atoms with van der Waals surface area (Å²) in [5.74, 6) is -0.787. The van der Waals surface area contributed by atoms with Gasteiger partial charge in [-0.3, -0.25) is 9.59 Å². The minimum absolute atomic E-state index is 0.219. The monoisotopic (exact) mass is 419 g/mol. The zero-order chi connectivity index (χ0) is 21.3. The van der Waals surface area contributed by atoms with Gasteiger partial charge in [-0.25, -0.2) is 0 Å². The molecular weight excluding hydrogens is 398 g/mol. The van der Waals surface area contributed by atoms with E-state index in [2.05, 4.69) is 0 Å². The number of aliphatic hydroxyl groups is 1. The molecule has 1 atom stereocenters. The highest BCUT2D eigenvalue weighted by Gasteiger charge is 2.50. The molecule has 0 bridgehead atoms. The average Bonchev–Trinajstić information content (AvgIpc) is 2.97. The van der Waals surface area contributed by atoms with Gasteiger partial charge in [0.2, 0.25) is 0 Å². The number of benzene rings is 3. The standard InChI is InChI=1S/C25H22ClNO3/c1-2-17-11-13-18(14-12-17)23(28)15-25(30)20-8-4-6-10-22(20)27(24(25)29)16-19-7-3-5-9-21(19)26/h3-14,30H,2,15-16H2,1H3. The molecule has 1 heterocycles. The SMILES string of the molecule is CCc1ccc(C(=O)CC2(O)C(=O)N(Cc3ccccc3Cl)c3ccccc32)cc1. The second kappa shape index (κ2) is 8.05. The number of rotatable bonds is 6. The van der Waals surface area contributed by atoms with Crippen LogP contribution in [-0.2, 0) is 23.4 Å². The number of nitrogens with zero attached hydrogens (tertiary/aromatic N) is 1. The van der Waals surface area contributed by atoms with E-state index in [1.807, 2.05) is 43.3 Å². The van der Waals surface area contributed by atoms with Crippen LogP contribution in [0.4, 0.5) is 5.69 Å². The fourth-order valence-electron chi connectivity index (χ4n) is 3.89. The number of Topliss-reactive ketones (excluding diaryl/α,β-unsaturated/α-hetero) is 1. The van der Waals surface area contributed by atoms with Crippen molar-refractivity contribution in [3.63, 3.8) is 0 Å². The number of carbonyl (C=O) groups is 2. The molecule has 1 aliphatic heterocycles. The molecule has 3 aromatic carbocycles. The van der Waals surface area contributed by atoms with Crippen LogP contribution >= 0.6 is 11.6 Å². The Kier molecular flexibility index (Phi) is 5.46. The summed E-state index contributed by atoms with van der Waals surface area (Å²) in [6.45, 7) is 2.26. The van der Waals surface area contributed by atoms with E-state index in [-0.39, 0.29) is 18.7 Å². The summed E-state index contributed by atoms with van der Waals surface area (Å²) in [5.41, 5.74) is 1.51. The molecule has 0 fully saturated rings. The minimum atomic E-state index is -1.90. The van der Waals surface area contributed by atoms with Gasteiger partial charge in [-0.05, 0) is 29.7 Å². The van der Waals surface area contributed by atoms with Gasteiger partial charge < -0.3 is 10.0 Å². The van der Waals surface area contributed by atoms with Gasteiger partial charge in [0, 0.05) is 16.1 Å². The van der Waals surface area contributed by atoms with E-state index in [0.717, 1.165) is 17.5 Å². The summed E-state index contributed by atoms with van der Waals surface area (Å²) in [4.78, 5) is 27.8. The Bertz CT molecular complexity index is 1110. The van der Waals surface area contributed by atoms with Gasteiger partial charge in [0.15, 0.2) is 11.4 Å². The second-order valence-corrected chi connectivity index (χ2v) is 7.92. The Labute approximate surface area is 180 Å². The predicted octanol–water partition coefficient (Wildman–Crippen LogP) is 4.91. The topological polar surface area (TPSA) is 57.6 Å². The van der Waals surface area contributed by atoms with Gasteiger partial charge in [0.25, 0.3) is 5.91 Å². The van der Waals surface area contributed by atoms with Crippen molar-refractivity contribution in [1.82, 2.24) is 0 Å². The third-order valence-corrected chi connectivity index (χ3v) is 5.99. The third-order valence-electron chi connectivity index (χ3n) is 5.63. The first-order chi connectivity index (χ1) is 14.4. The molecule has 30 heavy (non-hydrogen) atoms. The first-order valence-corrected chi connectivity index (χ1v) is 10.3. The minimum Gasteiger partial charge on any atom is -0.375 e. The Morgan fingerprint density at radius 1 is 1.00 bits per heavy atom. The lowest BCUT2D eigenvalue weighted by Crippen LogP contribution is -2.41. The van der Waals surface area contributed by atoms with Crippen LogP contribution in [0.3, 0.4) is 0 Å². The maximum absolute atomic E-state index is 13.3. The zero-order valence-corrected chi connectivity index (χ0v) is 17.4. The number of anilines is 1. The van der Waals surface area contributed by atoms with Crippen molar-refractivity contribution in [1.29, 1.82) is 0 Å². The number of aryl methyl sites for hydroxylation is 1. The molecule has 0 aliphatic carbocycles. The van der Waals surface area contributed by atoms with E-state index >= 15 is 0 Å². The van der Waals surface area contributed by atoms with Crippen molar-refractivity contribution in [2.75, 3.05) is 4.90 Å². The van der Waals surface area contributed by atoms with Gasteiger partial charge >= 0.3 is 0 Å². The van der Waals surface area contributed by atoms with Crippen LogP contribution in [0.15, 0.2) is 72.8 Å². The lowest BCUT2D eigenvalue weighted by Gasteiger charge is -2.23. The number of amides is 1. The molecule has 3 aromatic rings. The van der Waals surface area contributed by atoms with Gasteiger partial charge in [-0.1, -0.05) is 79.2 Å². The number of carbonyl (C=O) groups excluding carboxylic acids is 2. The van der Waals surface area contributed by atoms with Gasteiger partial charge in [-0.2, -0.15) is 0 Å². The van der Waals surface area contributed by atoms with E-state index in [0.29, 0.717) is 21.8 Å². The van der Waals surface area contributed by atoms with Crippen LogP contribution < -0.4 is 4.90 Å². The fraction of sp³-hybridized carbons (Fsp3) is 0.200. The Morgan fingerprint density at radius 3 is 2.37 bits per heavy atom. The number of ketones is 1. The number of halogens is 1.